The lowest BCUT2D eigenvalue weighted by Gasteiger charge is -2.51. The lowest BCUT2D eigenvalue weighted by Crippen LogP contribution is -2.62. The topological polar surface area (TPSA) is 67.4 Å². The molecule has 1 saturated carbocycles. The molecule has 1 aliphatic rings. The standard InChI is InChI=1S/C12H26N2O3S/c1-6-13-8-9(2)18(15,16)14-10-7-11(17-5)12(10,3)4/h9-11,13-14H,6-8H2,1-5H3. The Hall–Kier alpha value is -0.170. The van der Waals surface area contributed by atoms with Crippen molar-refractivity contribution in [3.05, 3.63) is 0 Å². The Morgan fingerprint density at radius 3 is 2.50 bits per heavy atom. The van der Waals surface area contributed by atoms with Gasteiger partial charge in [-0.1, -0.05) is 20.8 Å². The summed E-state index contributed by atoms with van der Waals surface area (Å²) >= 11 is 0. The molecular weight excluding hydrogens is 252 g/mol. The highest BCUT2D eigenvalue weighted by atomic mass is 32.2. The Bertz CT molecular complexity index is 368. The zero-order valence-electron chi connectivity index (χ0n) is 12.0. The molecule has 0 aromatic rings. The Kier molecular flexibility index (Phi) is 5.17. The van der Waals surface area contributed by atoms with Crippen molar-refractivity contribution >= 4 is 10.0 Å². The molecule has 108 valence electrons. The summed E-state index contributed by atoms with van der Waals surface area (Å²) in [6.45, 7) is 9.02. The molecule has 0 aliphatic heterocycles. The van der Waals surface area contributed by atoms with Crippen molar-refractivity contribution in [3.63, 3.8) is 0 Å². The first-order chi connectivity index (χ1) is 8.25. The molecule has 3 unspecified atom stereocenters. The summed E-state index contributed by atoms with van der Waals surface area (Å²) in [4.78, 5) is 0. The second-order valence-electron chi connectivity index (χ2n) is 5.62. The van der Waals surface area contributed by atoms with Crippen LogP contribution in [0.4, 0.5) is 0 Å². The largest absolute Gasteiger partial charge is 0.381 e. The fraction of sp³-hybridized carbons (Fsp3) is 1.00. The number of nitrogens with one attached hydrogen (secondary N) is 2. The van der Waals surface area contributed by atoms with Crippen molar-refractivity contribution in [3.8, 4) is 0 Å². The van der Waals surface area contributed by atoms with E-state index in [0.717, 1.165) is 13.0 Å². The Balaban J connectivity index is 2.57. The van der Waals surface area contributed by atoms with E-state index in [1.165, 1.54) is 0 Å². The zero-order chi connectivity index (χ0) is 14.0. The van der Waals surface area contributed by atoms with Crippen LogP contribution in [0.5, 0.6) is 0 Å². The van der Waals surface area contributed by atoms with Crippen LogP contribution < -0.4 is 10.0 Å². The van der Waals surface area contributed by atoms with Crippen molar-refractivity contribution in [1.29, 1.82) is 0 Å². The van der Waals surface area contributed by atoms with Gasteiger partial charge in [-0.2, -0.15) is 0 Å². The number of hydrogen-bond acceptors (Lipinski definition) is 4. The smallest absolute Gasteiger partial charge is 0.215 e. The third-order valence-corrected chi connectivity index (χ3v) is 5.82. The number of rotatable bonds is 7. The minimum Gasteiger partial charge on any atom is -0.381 e. The number of hydrogen-bond donors (Lipinski definition) is 2. The molecule has 0 radical (unpaired) electrons. The van der Waals surface area contributed by atoms with Crippen molar-refractivity contribution in [2.45, 2.75) is 51.5 Å². The molecule has 5 nitrogen and oxygen atoms in total. The molecule has 2 N–H and O–H groups in total. The number of ether oxygens (including phenoxy) is 1. The van der Waals surface area contributed by atoms with Crippen LogP contribution in [-0.4, -0.2) is 46.0 Å². The first-order valence-electron chi connectivity index (χ1n) is 6.50. The molecule has 0 spiro atoms. The predicted octanol–water partition coefficient (Wildman–Crippen LogP) is 0.717. The summed E-state index contributed by atoms with van der Waals surface area (Å²) in [6, 6.07) is -0.0310. The Labute approximate surface area is 111 Å². The molecular formula is C12H26N2O3S. The lowest BCUT2D eigenvalue weighted by atomic mass is 9.65. The molecule has 18 heavy (non-hydrogen) atoms. The van der Waals surface area contributed by atoms with Gasteiger partial charge in [0.1, 0.15) is 0 Å². The molecule has 0 aromatic heterocycles. The zero-order valence-corrected chi connectivity index (χ0v) is 12.8. The van der Waals surface area contributed by atoms with Crippen LogP contribution in [0.1, 0.15) is 34.1 Å². The van der Waals surface area contributed by atoms with Crippen LogP contribution in [0.3, 0.4) is 0 Å². The van der Waals surface area contributed by atoms with Crippen LogP contribution in [0, 0.1) is 5.41 Å². The normalized spacial score (nSPS) is 28.7. The van der Waals surface area contributed by atoms with Crippen molar-refractivity contribution in [2.24, 2.45) is 5.41 Å². The minimum atomic E-state index is -3.26. The van der Waals surface area contributed by atoms with Gasteiger partial charge in [-0.15, -0.1) is 0 Å². The van der Waals surface area contributed by atoms with Crippen molar-refractivity contribution in [2.75, 3.05) is 20.2 Å². The Morgan fingerprint density at radius 2 is 2.06 bits per heavy atom. The second kappa shape index (κ2) is 5.86. The quantitative estimate of drug-likeness (QED) is 0.720. The highest BCUT2D eigenvalue weighted by molar-refractivity contribution is 7.90. The van der Waals surface area contributed by atoms with Crippen LogP contribution in [0.2, 0.25) is 0 Å². The maximum Gasteiger partial charge on any atom is 0.215 e. The van der Waals surface area contributed by atoms with Crippen LogP contribution in [0.15, 0.2) is 0 Å². The summed E-state index contributed by atoms with van der Waals surface area (Å²) in [5.41, 5.74) is -0.139. The van der Waals surface area contributed by atoms with E-state index in [2.05, 4.69) is 10.0 Å². The van der Waals surface area contributed by atoms with E-state index >= 15 is 0 Å². The lowest BCUT2D eigenvalue weighted by molar-refractivity contribution is -0.0909. The van der Waals surface area contributed by atoms with Gasteiger partial charge in [-0.3, -0.25) is 0 Å². The van der Waals surface area contributed by atoms with Crippen LogP contribution in [0.25, 0.3) is 0 Å². The summed E-state index contributed by atoms with van der Waals surface area (Å²) in [5.74, 6) is 0. The summed E-state index contributed by atoms with van der Waals surface area (Å²) in [7, 11) is -1.59. The molecule has 3 atom stereocenters. The van der Waals surface area contributed by atoms with Gasteiger partial charge < -0.3 is 10.1 Å². The maximum atomic E-state index is 12.1. The Morgan fingerprint density at radius 1 is 1.44 bits per heavy atom. The molecule has 0 amide bonds. The first kappa shape index (κ1) is 15.9. The fourth-order valence-electron chi connectivity index (χ4n) is 2.26. The van der Waals surface area contributed by atoms with Gasteiger partial charge in [0.25, 0.3) is 0 Å². The summed E-state index contributed by atoms with van der Waals surface area (Å²) < 4.78 is 32.4. The van der Waals surface area contributed by atoms with Gasteiger partial charge in [-0.25, -0.2) is 13.1 Å². The molecule has 6 heteroatoms. The van der Waals surface area contributed by atoms with Gasteiger partial charge in [0, 0.05) is 25.1 Å². The molecule has 0 saturated heterocycles. The maximum absolute atomic E-state index is 12.1. The van der Waals surface area contributed by atoms with Gasteiger partial charge in [0.05, 0.1) is 11.4 Å². The molecule has 0 heterocycles. The average molecular weight is 278 g/mol. The van der Waals surface area contributed by atoms with E-state index in [0.29, 0.717) is 6.54 Å². The summed E-state index contributed by atoms with van der Waals surface area (Å²) in [5, 5.41) is 2.64. The third-order valence-electron chi connectivity index (χ3n) is 3.98. The SMILES string of the molecule is CCNCC(C)S(=O)(=O)NC1CC(OC)C1(C)C. The van der Waals surface area contributed by atoms with Gasteiger partial charge in [-0.05, 0) is 19.9 Å². The van der Waals surface area contributed by atoms with E-state index in [-0.39, 0.29) is 17.6 Å². The second-order valence-corrected chi connectivity index (χ2v) is 7.75. The third kappa shape index (κ3) is 3.23. The molecule has 0 bridgehead atoms. The molecule has 1 rings (SSSR count). The van der Waals surface area contributed by atoms with Crippen LogP contribution >= 0.6 is 0 Å². The number of sulfonamides is 1. The van der Waals surface area contributed by atoms with E-state index in [9.17, 15) is 8.42 Å². The minimum absolute atomic E-state index is 0.0310. The predicted molar refractivity (Wildman–Crippen MR) is 73.0 cm³/mol. The highest BCUT2D eigenvalue weighted by Gasteiger charge is 2.50. The number of methoxy groups -OCH3 is 1. The average Bonchev–Trinajstić information content (AvgIpc) is 2.30. The van der Waals surface area contributed by atoms with E-state index in [4.69, 9.17) is 4.74 Å². The van der Waals surface area contributed by atoms with Crippen molar-refractivity contribution in [1.82, 2.24) is 10.0 Å². The summed E-state index contributed by atoms with van der Waals surface area (Å²) in [6.07, 6.45) is 0.880. The highest BCUT2D eigenvalue weighted by Crippen LogP contribution is 2.42. The molecule has 1 fully saturated rings. The molecule has 0 aromatic carbocycles. The van der Waals surface area contributed by atoms with Gasteiger partial charge in [0.15, 0.2) is 0 Å². The van der Waals surface area contributed by atoms with E-state index < -0.39 is 15.3 Å². The van der Waals surface area contributed by atoms with Crippen molar-refractivity contribution < 1.29 is 13.2 Å². The monoisotopic (exact) mass is 278 g/mol. The first-order valence-corrected chi connectivity index (χ1v) is 8.05. The van der Waals surface area contributed by atoms with Gasteiger partial charge in [0.2, 0.25) is 10.0 Å². The van der Waals surface area contributed by atoms with Crippen LogP contribution in [-0.2, 0) is 14.8 Å². The molecule has 1 aliphatic carbocycles. The fourth-order valence-corrected chi connectivity index (χ4v) is 3.62. The van der Waals surface area contributed by atoms with E-state index in [1.54, 1.807) is 14.0 Å². The van der Waals surface area contributed by atoms with Gasteiger partial charge >= 0.3 is 0 Å². The van der Waals surface area contributed by atoms with E-state index in [1.807, 2.05) is 20.8 Å².